The van der Waals surface area contributed by atoms with Crippen LogP contribution >= 0.6 is 0 Å². The molecule has 0 radical (unpaired) electrons. The van der Waals surface area contributed by atoms with Gasteiger partial charge in [-0.15, -0.1) is 0 Å². The summed E-state index contributed by atoms with van der Waals surface area (Å²) in [4.78, 5) is 9.50. The standard InChI is InChI=1S/C20H23N3/c1-15-19(17-7-3-4-8-18(17)22-15)20(16-9-11-21-12-10-16)23-13-5-2-6-14-23/h3-4,7-12,20,22H,2,5-6,13-14H2,1H3/p+1/t20-/m0/s1. The number of hydrogen-bond donors (Lipinski definition) is 2. The molecule has 0 spiro atoms. The largest absolute Gasteiger partial charge is 0.358 e. The normalized spacial score (nSPS) is 17.4. The Morgan fingerprint density at radius 3 is 2.52 bits per heavy atom. The van der Waals surface area contributed by atoms with E-state index in [0.717, 1.165) is 0 Å². The van der Waals surface area contributed by atoms with Crippen LogP contribution in [-0.4, -0.2) is 23.1 Å². The van der Waals surface area contributed by atoms with Gasteiger partial charge in [0.2, 0.25) is 0 Å². The third kappa shape index (κ3) is 2.66. The third-order valence-corrected chi connectivity index (χ3v) is 5.18. The molecule has 4 rings (SSSR count). The maximum atomic E-state index is 4.22. The van der Waals surface area contributed by atoms with Gasteiger partial charge in [0.15, 0.2) is 0 Å². The minimum absolute atomic E-state index is 0.398. The molecule has 0 amide bonds. The molecule has 1 saturated heterocycles. The van der Waals surface area contributed by atoms with Gasteiger partial charge < -0.3 is 9.88 Å². The molecule has 1 aliphatic heterocycles. The SMILES string of the molecule is Cc1[nH]c2ccccc2c1[C@H](c1ccncc1)[NH+]1CCCCC1. The second-order valence-corrected chi connectivity index (χ2v) is 6.64. The average molecular weight is 306 g/mol. The number of aromatic nitrogens is 2. The Balaban J connectivity index is 1.88. The summed E-state index contributed by atoms with van der Waals surface area (Å²) in [5.41, 5.74) is 5.38. The second kappa shape index (κ2) is 6.17. The van der Waals surface area contributed by atoms with Gasteiger partial charge >= 0.3 is 0 Å². The van der Waals surface area contributed by atoms with Gasteiger partial charge in [0.1, 0.15) is 6.04 Å². The Morgan fingerprint density at radius 2 is 1.74 bits per heavy atom. The van der Waals surface area contributed by atoms with E-state index in [1.165, 1.54) is 60.1 Å². The molecule has 3 heterocycles. The number of quaternary nitrogens is 1. The number of nitrogens with one attached hydrogen (secondary N) is 2. The zero-order chi connectivity index (χ0) is 15.6. The molecule has 1 aliphatic rings. The second-order valence-electron chi connectivity index (χ2n) is 6.64. The van der Waals surface area contributed by atoms with Crippen LogP contribution in [0.3, 0.4) is 0 Å². The lowest BCUT2D eigenvalue weighted by atomic mass is 9.93. The number of para-hydroxylation sites is 1. The molecular weight excluding hydrogens is 282 g/mol. The van der Waals surface area contributed by atoms with Gasteiger partial charge in [-0.3, -0.25) is 4.98 Å². The lowest BCUT2D eigenvalue weighted by Gasteiger charge is -2.32. The minimum Gasteiger partial charge on any atom is -0.358 e. The molecular formula is C20H24N3+. The molecule has 0 unspecified atom stereocenters. The van der Waals surface area contributed by atoms with Crippen LogP contribution in [-0.2, 0) is 0 Å². The van der Waals surface area contributed by atoms with Gasteiger partial charge in [0, 0.05) is 40.1 Å². The van der Waals surface area contributed by atoms with E-state index in [2.05, 4.69) is 53.3 Å². The van der Waals surface area contributed by atoms with Crippen LogP contribution in [0.25, 0.3) is 10.9 Å². The van der Waals surface area contributed by atoms with Gasteiger partial charge in [0.25, 0.3) is 0 Å². The van der Waals surface area contributed by atoms with Crippen molar-refractivity contribution in [2.45, 2.75) is 32.2 Å². The smallest absolute Gasteiger partial charge is 0.141 e. The average Bonchev–Trinajstić information content (AvgIpc) is 2.94. The molecule has 1 aromatic carbocycles. The van der Waals surface area contributed by atoms with Crippen molar-refractivity contribution in [3.63, 3.8) is 0 Å². The molecule has 0 saturated carbocycles. The van der Waals surface area contributed by atoms with Crippen molar-refractivity contribution in [2.24, 2.45) is 0 Å². The first kappa shape index (κ1) is 14.5. The number of aryl methyl sites for hydroxylation is 1. The number of aromatic amines is 1. The molecule has 3 heteroatoms. The summed E-state index contributed by atoms with van der Waals surface area (Å²) >= 11 is 0. The van der Waals surface area contributed by atoms with Crippen molar-refractivity contribution >= 4 is 10.9 Å². The van der Waals surface area contributed by atoms with Gasteiger partial charge in [0.05, 0.1) is 13.1 Å². The molecule has 23 heavy (non-hydrogen) atoms. The summed E-state index contributed by atoms with van der Waals surface area (Å²) in [7, 11) is 0. The minimum atomic E-state index is 0.398. The van der Waals surface area contributed by atoms with Crippen LogP contribution in [0.2, 0.25) is 0 Å². The Morgan fingerprint density at radius 1 is 1.00 bits per heavy atom. The maximum Gasteiger partial charge on any atom is 0.141 e. The van der Waals surface area contributed by atoms with E-state index >= 15 is 0 Å². The molecule has 2 aromatic heterocycles. The topological polar surface area (TPSA) is 33.1 Å². The van der Waals surface area contributed by atoms with Crippen molar-refractivity contribution < 1.29 is 4.90 Å². The zero-order valence-electron chi connectivity index (χ0n) is 13.7. The molecule has 1 fully saturated rings. The van der Waals surface area contributed by atoms with Gasteiger partial charge in [-0.1, -0.05) is 18.2 Å². The fourth-order valence-corrected chi connectivity index (χ4v) is 4.13. The molecule has 3 aromatic rings. The van der Waals surface area contributed by atoms with Crippen molar-refractivity contribution in [3.05, 3.63) is 65.6 Å². The van der Waals surface area contributed by atoms with E-state index in [9.17, 15) is 0 Å². The number of H-pyrrole nitrogens is 1. The van der Waals surface area contributed by atoms with E-state index in [-0.39, 0.29) is 0 Å². The van der Waals surface area contributed by atoms with Gasteiger partial charge in [-0.25, -0.2) is 0 Å². The summed E-state index contributed by atoms with van der Waals surface area (Å²) in [5, 5.41) is 1.37. The van der Waals surface area contributed by atoms with E-state index in [1.807, 2.05) is 12.4 Å². The van der Waals surface area contributed by atoms with Crippen LogP contribution in [0.5, 0.6) is 0 Å². The first-order chi connectivity index (χ1) is 11.3. The monoisotopic (exact) mass is 306 g/mol. The summed E-state index contributed by atoms with van der Waals surface area (Å²) in [6, 6.07) is 13.5. The van der Waals surface area contributed by atoms with Crippen molar-refractivity contribution in [2.75, 3.05) is 13.1 Å². The Kier molecular flexibility index (Phi) is 3.88. The number of hydrogen-bond acceptors (Lipinski definition) is 1. The van der Waals surface area contributed by atoms with E-state index in [1.54, 1.807) is 4.90 Å². The number of benzene rings is 1. The summed E-state index contributed by atoms with van der Waals surface area (Å²) in [6.07, 6.45) is 7.89. The van der Waals surface area contributed by atoms with E-state index in [4.69, 9.17) is 0 Å². The Bertz CT molecular complexity index is 785. The highest BCUT2D eigenvalue weighted by molar-refractivity contribution is 5.85. The van der Waals surface area contributed by atoms with Crippen molar-refractivity contribution in [3.8, 4) is 0 Å². The highest BCUT2D eigenvalue weighted by Crippen LogP contribution is 2.30. The molecule has 2 N–H and O–H groups in total. The first-order valence-electron chi connectivity index (χ1n) is 8.66. The van der Waals surface area contributed by atoms with Gasteiger partial charge in [-0.05, 0) is 44.4 Å². The van der Waals surface area contributed by atoms with Crippen LogP contribution in [0.15, 0.2) is 48.8 Å². The lowest BCUT2D eigenvalue weighted by Crippen LogP contribution is -3.13. The quantitative estimate of drug-likeness (QED) is 0.766. The Hall–Kier alpha value is -2.13. The predicted molar refractivity (Wildman–Crippen MR) is 93.7 cm³/mol. The number of likely N-dealkylation sites (tertiary alicyclic amines) is 1. The van der Waals surface area contributed by atoms with Crippen molar-refractivity contribution in [1.29, 1.82) is 0 Å². The summed E-state index contributed by atoms with van der Waals surface area (Å²) < 4.78 is 0. The number of pyridine rings is 1. The number of rotatable bonds is 3. The molecule has 3 nitrogen and oxygen atoms in total. The molecule has 1 atom stereocenters. The summed E-state index contributed by atoms with van der Waals surface area (Å²) in [6.45, 7) is 4.73. The first-order valence-corrected chi connectivity index (χ1v) is 8.66. The summed E-state index contributed by atoms with van der Waals surface area (Å²) in [5.74, 6) is 0. The molecule has 0 bridgehead atoms. The maximum absolute atomic E-state index is 4.22. The van der Waals surface area contributed by atoms with Crippen LogP contribution in [0, 0.1) is 6.92 Å². The van der Waals surface area contributed by atoms with Crippen LogP contribution in [0.4, 0.5) is 0 Å². The van der Waals surface area contributed by atoms with Crippen molar-refractivity contribution in [1.82, 2.24) is 9.97 Å². The lowest BCUT2D eigenvalue weighted by molar-refractivity contribution is -0.930. The van der Waals surface area contributed by atoms with Crippen LogP contribution in [0.1, 0.15) is 42.1 Å². The van der Waals surface area contributed by atoms with Crippen LogP contribution < -0.4 is 4.90 Å². The van der Waals surface area contributed by atoms with Gasteiger partial charge in [-0.2, -0.15) is 0 Å². The third-order valence-electron chi connectivity index (χ3n) is 5.18. The predicted octanol–water partition coefficient (Wildman–Crippen LogP) is 3.03. The number of piperidine rings is 1. The molecule has 0 aliphatic carbocycles. The number of nitrogens with zero attached hydrogens (tertiary/aromatic N) is 1. The fraction of sp³-hybridized carbons (Fsp3) is 0.350. The molecule has 118 valence electrons. The fourth-order valence-electron chi connectivity index (χ4n) is 4.13. The number of fused-ring (bicyclic) bond motifs is 1. The highest BCUT2D eigenvalue weighted by Gasteiger charge is 2.31. The zero-order valence-corrected chi connectivity index (χ0v) is 13.7. The highest BCUT2D eigenvalue weighted by atomic mass is 15.2. The Labute approximate surface area is 137 Å². The van der Waals surface area contributed by atoms with E-state index < -0.39 is 0 Å². The van der Waals surface area contributed by atoms with E-state index in [0.29, 0.717) is 6.04 Å².